The summed E-state index contributed by atoms with van der Waals surface area (Å²) in [5, 5.41) is 5.05. The van der Waals surface area contributed by atoms with E-state index in [9.17, 15) is 9.59 Å². The van der Waals surface area contributed by atoms with E-state index in [0.717, 1.165) is 0 Å². The Labute approximate surface area is 113 Å². The van der Waals surface area contributed by atoms with E-state index < -0.39 is 12.0 Å². The van der Waals surface area contributed by atoms with Crippen molar-refractivity contribution in [2.75, 3.05) is 23.9 Å². The minimum Gasteiger partial charge on any atom is -0.468 e. The van der Waals surface area contributed by atoms with E-state index in [0.29, 0.717) is 23.1 Å². The molecule has 1 unspecified atom stereocenters. The van der Waals surface area contributed by atoms with E-state index in [1.807, 2.05) is 0 Å². The number of carbonyl (C=O) groups is 2. The van der Waals surface area contributed by atoms with Gasteiger partial charge in [-0.05, 0) is 12.2 Å². The van der Waals surface area contributed by atoms with Gasteiger partial charge in [-0.15, -0.1) is 11.3 Å². The van der Waals surface area contributed by atoms with Gasteiger partial charge in [-0.2, -0.15) is 11.8 Å². The first-order valence-corrected chi connectivity index (χ1v) is 7.27. The van der Waals surface area contributed by atoms with Gasteiger partial charge < -0.3 is 15.8 Å². The number of ether oxygens (including phenoxy) is 1. The number of hydrogen-bond donors (Lipinski definition) is 2. The molecule has 1 rings (SSSR count). The van der Waals surface area contributed by atoms with Crippen LogP contribution in [0.3, 0.4) is 0 Å². The maximum atomic E-state index is 11.5. The standard InChI is InChI=1S/C10H15N3O3S2/c1-16-9(15)7(11)2-4-17-6-8(14)13-10-12-3-5-18-10/h3,5,7H,2,4,6,11H2,1H3,(H,12,13,14). The van der Waals surface area contributed by atoms with Gasteiger partial charge >= 0.3 is 5.97 Å². The smallest absolute Gasteiger partial charge is 0.322 e. The number of methoxy groups -OCH3 is 1. The number of thioether (sulfide) groups is 1. The molecule has 0 radical (unpaired) electrons. The van der Waals surface area contributed by atoms with Gasteiger partial charge in [-0.3, -0.25) is 9.59 Å². The van der Waals surface area contributed by atoms with Gasteiger partial charge in [0.2, 0.25) is 5.91 Å². The van der Waals surface area contributed by atoms with Crippen molar-refractivity contribution >= 4 is 40.1 Å². The van der Waals surface area contributed by atoms with Gasteiger partial charge in [-0.25, -0.2) is 4.98 Å². The van der Waals surface area contributed by atoms with Crippen LogP contribution in [0.4, 0.5) is 5.13 Å². The molecule has 8 heteroatoms. The summed E-state index contributed by atoms with van der Waals surface area (Å²) in [6.07, 6.45) is 2.12. The Kier molecular flexibility index (Phi) is 6.69. The second kappa shape index (κ2) is 8.06. The molecule has 0 aliphatic heterocycles. The van der Waals surface area contributed by atoms with Crippen LogP contribution >= 0.6 is 23.1 Å². The Morgan fingerprint density at radius 2 is 2.44 bits per heavy atom. The zero-order valence-corrected chi connectivity index (χ0v) is 11.6. The largest absolute Gasteiger partial charge is 0.468 e. The Morgan fingerprint density at radius 1 is 1.67 bits per heavy atom. The van der Waals surface area contributed by atoms with E-state index in [1.54, 1.807) is 11.6 Å². The fraction of sp³-hybridized carbons (Fsp3) is 0.500. The Bertz CT molecular complexity index is 384. The molecule has 1 amide bonds. The molecule has 1 aromatic rings. The number of esters is 1. The van der Waals surface area contributed by atoms with Crippen molar-refractivity contribution in [1.29, 1.82) is 0 Å². The number of aromatic nitrogens is 1. The van der Waals surface area contributed by atoms with Crippen molar-refractivity contribution in [1.82, 2.24) is 4.98 Å². The van der Waals surface area contributed by atoms with Crippen LogP contribution in [0.1, 0.15) is 6.42 Å². The molecule has 0 bridgehead atoms. The summed E-state index contributed by atoms with van der Waals surface area (Å²) in [7, 11) is 1.30. The zero-order valence-electron chi connectivity index (χ0n) is 9.92. The predicted molar refractivity (Wildman–Crippen MR) is 72.7 cm³/mol. The first kappa shape index (κ1) is 14.9. The molecule has 18 heavy (non-hydrogen) atoms. The molecular formula is C10H15N3O3S2. The molecule has 0 aliphatic rings. The van der Waals surface area contributed by atoms with Crippen LogP contribution < -0.4 is 11.1 Å². The number of hydrogen-bond acceptors (Lipinski definition) is 7. The molecule has 0 saturated heterocycles. The zero-order chi connectivity index (χ0) is 13.4. The SMILES string of the molecule is COC(=O)C(N)CCSCC(=O)Nc1nccs1. The number of rotatable bonds is 7. The number of amides is 1. The number of thiazole rings is 1. The molecular weight excluding hydrogens is 274 g/mol. The molecule has 0 spiro atoms. The Hall–Kier alpha value is -1.12. The van der Waals surface area contributed by atoms with Gasteiger partial charge in [0.1, 0.15) is 6.04 Å². The first-order valence-electron chi connectivity index (χ1n) is 5.24. The molecule has 0 aliphatic carbocycles. The quantitative estimate of drug-likeness (QED) is 0.567. The maximum absolute atomic E-state index is 11.5. The monoisotopic (exact) mass is 289 g/mol. The van der Waals surface area contributed by atoms with Crippen LogP contribution in [0, 0.1) is 0 Å². The number of anilines is 1. The van der Waals surface area contributed by atoms with E-state index in [2.05, 4.69) is 15.0 Å². The van der Waals surface area contributed by atoms with Crippen molar-refractivity contribution < 1.29 is 14.3 Å². The number of nitrogens with zero attached hydrogens (tertiary/aromatic N) is 1. The molecule has 0 saturated carbocycles. The maximum Gasteiger partial charge on any atom is 0.322 e. The minimum atomic E-state index is -0.621. The fourth-order valence-electron chi connectivity index (χ4n) is 1.08. The normalized spacial score (nSPS) is 11.9. The van der Waals surface area contributed by atoms with Gasteiger partial charge in [0.25, 0.3) is 0 Å². The van der Waals surface area contributed by atoms with E-state index in [-0.39, 0.29) is 5.91 Å². The van der Waals surface area contributed by atoms with E-state index in [4.69, 9.17) is 5.73 Å². The lowest BCUT2D eigenvalue weighted by Crippen LogP contribution is -2.32. The molecule has 100 valence electrons. The highest BCUT2D eigenvalue weighted by Gasteiger charge is 2.13. The van der Waals surface area contributed by atoms with Crippen LogP contribution in [-0.2, 0) is 14.3 Å². The third-order valence-electron chi connectivity index (χ3n) is 1.99. The first-order chi connectivity index (χ1) is 8.63. The average molecular weight is 289 g/mol. The topological polar surface area (TPSA) is 94.3 Å². The summed E-state index contributed by atoms with van der Waals surface area (Å²) < 4.78 is 4.50. The van der Waals surface area contributed by atoms with E-state index in [1.165, 1.54) is 30.2 Å². The summed E-state index contributed by atoms with van der Waals surface area (Å²) in [6, 6.07) is -0.621. The average Bonchev–Trinajstić information content (AvgIpc) is 2.86. The second-order valence-electron chi connectivity index (χ2n) is 3.36. The van der Waals surface area contributed by atoms with Gasteiger partial charge in [0, 0.05) is 11.6 Å². The summed E-state index contributed by atoms with van der Waals surface area (Å²) in [5.41, 5.74) is 5.56. The number of nitrogens with one attached hydrogen (secondary N) is 1. The summed E-state index contributed by atoms with van der Waals surface area (Å²) in [5.74, 6) is 0.402. The third-order valence-corrected chi connectivity index (χ3v) is 3.67. The van der Waals surface area contributed by atoms with Crippen molar-refractivity contribution in [3.05, 3.63) is 11.6 Å². The van der Waals surface area contributed by atoms with Gasteiger partial charge in [0.15, 0.2) is 5.13 Å². The van der Waals surface area contributed by atoms with Crippen LogP contribution in [0.15, 0.2) is 11.6 Å². The van der Waals surface area contributed by atoms with Crippen LogP contribution in [0.2, 0.25) is 0 Å². The van der Waals surface area contributed by atoms with E-state index >= 15 is 0 Å². The highest BCUT2D eigenvalue weighted by molar-refractivity contribution is 7.99. The van der Waals surface area contributed by atoms with Crippen LogP contribution in [0.25, 0.3) is 0 Å². The van der Waals surface area contributed by atoms with Crippen LogP contribution in [0.5, 0.6) is 0 Å². The molecule has 6 nitrogen and oxygen atoms in total. The molecule has 0 aromatic carbocycles. The molecule has 3 N–H and O–H groups in total. The molecule has 1 atom stereocenters. The molecule has 0 fully saturated rings. The predicted octanol–water partition coefficient (Wildman–Crippen LogP) is 0.705. The number of carbonyl (C=O) groups excluding carboxylic acids is 2. The Morgan fingerprint density at radius 3 is 3.06 bits per heavy atom. The second-order valence-corrected chi connectivity index (χ2v) is 5.36. The van der Waals surface area contributed by atoms with Crippen molar-refractivity contribution in [3.63, 3.8) is 0 Å². The summed E-state index contributed by atoms with van der Waals surface area (Å²) in [6.45, 7) is 0. The summed E-state index contributed by atoms with van der Waals surface area (Å²) in [4.78, 5) is 26.4. The van der Waals surface area contributed by atoms with Gasteiger partial charge in [-0.1, -0.05) is 0 Å². The Balaban J connectivity index is 2.11. The molecule has 1 aromatic heterocycles. The van der Waals surface area contributed by atoms with Crippen molar-refractivity contribution in [2.45, 2.75) is 12.5 Å². The lowest BCUT2D eigenvalue weighted by atomic mass is 10.2. The summed E-state index contributed by atoms with van der Waals surface area (Å²) >= 11 is 2.79. The lowest BCUT2D eigenvalue weighted by Gasteiger charge is -2.08. The minimum absolute atomic E-state index is 0.110. The van der Waals surface area contributed by atoms with Crippen molar-refractivity contribution in [2.24, 2.45) is 5.73 Å². The highest BCUT2D eigenvalue weighted by atomic mass is 32.2. The van der Waals surface area contributed by atoms with Crippen LogP contribution in [-0.4, -0.2) is 41.5 Å². The highest BCUT2D eigenvalue weighted by Crippen LogP contribution is 2.11. The fourth-order valence-corrected chi connectivity index (χ4v) is 2.45. The lowest BCUT2D eigenvalue weighted by molar-refractivity contribution is -0.142. The van der Waals surface area contributed by atoms with Gasteiger partial charge in [0.05, 0.1) is 12.9 Å². The van der Waals surface area contributed by atoms with Crippen molar-refractivity contribution in [3.8, 4) is 0 Å². The molecule has 1 heterocycles. The third kappa shape index (κ3) is 5.48. The number of nitrogens with two attached hydrogens (primary N) is 1.